The second-order valence-electron chi connectivity index (χ2n) is 6.17. The van der Waals surface area contributed by atoms with Gasteiger partial charge in [-0.3, -0.25) is 23.9 Å². The quantitative estimate of drug-likeness (QED) is 0.749. The largest absolute Gasteiger partial charge is 0.277 e. The summed E-state index contributed by atoms with van der Waals surface area (Å²) >= 11 is 0. The Hall–Kier alpha value is -2.24. The molecule has 0 radical (unpaired) electrons. The van der Waals surface area contributed by atoms with Gasteiger partial charge in [0, 0.05) is 25.9 Å². The van der Waals surface area contributed by atoms with Gasteiger partial charge in [0.2, 0.25) is 11.8 Å². The van der Waals surface area contributed by atoms with Crippen LogP contribution in [0.1, 0.15) is 38.4 Å². The number of carbonyl (C=O) groups is 2. The molecule has 2 rings (SSSR count). The van der Waals surface area contributed by atoms with Crippen molar-refractivity contribution in [2.24, 2.45) is 0 Å². The molecule has 8 nitrogen and oxygen atoms in total. The van der Waals surface area contributed by atoms with E-state index in [1.807, 2.05) is 13.8 Å². The number of amides is 1. The molecule has 1 aromatic rings. The number of rotatable bonds is 5. The second kappa shape index (κ2) is 8.04. The standard InChI is InChI=1S/C16H23N5O3/c1-12(2)24-21(13(3)22)15-5-4-14(8-17)20(9-15)10-16(23)19-7-6-18-11-19/h6-7,11-12,14-15H,4-5,9-10H2,1-3H3/t14-,15?/m0/s1. The van der Waals surface area contributed by atoms with Crippen LogP contribution in [0.15, 0.2) is 18.7 Å². The number of hydroxylamine groups is 2. The average molecular weight is 333 g/mol. The average Bonchev–Trinajstić information content (AvgIpc) is 3.06. The van der Waals surface area contributed by atoms with Crippen molar-refractivity contribution >= 4 is 11.8 Å². The van der Waals surface area contributed by atoms with Crippen molar-refractivity contribution in [3.05, 3.63) is 18.7 Å². The molecule has 1 amide bonds. The van der Waals surface area contributed by atoms with E-state index in [1.165, 1.54) is 29.1 Å². The minimum Gasteiger partial charge on any atom is -0.277 e. The van der Waals surface area contributed by atoms with E-state index in [0.29, 0.717) is 19.4 Å². The molecule has 130 valence electrons. The number of likely N-dealkylation sites (tertiary alicyclic amines) is 1. The molecule has 0 saturated carbocycles. The Kier molecular flexibility index (Phi) is 6.06. The molecule has 2 atom stereocenters. The third-order valence-electron chi connectivity index (χ3n) is 3.91. The highest BCUT2D eigenvalue weighted by Crippen LogP contribution is 2.22. The van der Waals surface area contributed by atoms with Crippen LogP contribution < -0.4 is 0 Å². The molecule has 1 aliphatic heterocycles. The maximum atomic E-state index is 12.3. The fourth-order valence-corrected chi connectivity index (χ4v) is 2.84. The van der Waals surface area contributed by atoms with Crippen LogP contribution in [-0.4, -0.2) is 62.6 Å². The van der Waals surface area contributed by atoms with Crippen LogP contribution >= 0.6 is 0 Å². The summed E-state index contributed by atoms with van der Waals surface area (Å²) in [7, 11) is 0. The van der Waals surface area contributed by atoms with Crippen molar-refractivity contribution in [1.29, 1.82) is 5.26 Å². The first-order valence-electron chi connectivity index (χ1n) is 8.03. The lowest BCUT2D eigenvalue weighted by Gasteiger charge is -2.40. The highest BCUT2D eigenvalue weighted by molar-refractivity contribution is 5.80. The van der Waals surface area contributed by atoms with Crippen molar-refractivity contribution in [2.45, 2.75) is 51.8 Å². The summed E-state index contributed by atoms with van der Waals surface area (Å²) in [4.78, 5) is 35.4. The van der Waals surface area contributed by atoms with Crippen LogP contribution in [0.3, 0.4) is 0 Å². The fraction of sp³-hybridized carbons (Fsp3) is 0.625. The Morgan fingerprint density at radius 1 is 1.46 bits per heavy atom. The van der Waals surface area contributed by atoms with E-state index >= 15 is 0 Å². The highest BCUT2D eigenvalue weighted by Gasteiger charge is 2.34. The Morgan fingerprint density at radius 3 is 2.75 bits per heavy atom. The van der Waals surface area contributed by atoms with Crippen LogP contribution in [0.2, 0.25) is 0 Å². The van der Waals surface area contributed by atoms with E-state index in [0.717, 1.165) is 0 Å². The number of aromatic nitrogens is 2. The zero-order valence-electron chi connectivity index (χ0n) is 14.3. The third-order valence-corrected chi connectivity index (χ3v) is 3.91. The first-order valence-corrected chi connectivity index (χ1v) is 8.03. The minimum absolute atomic E-state index is 0.0957. The molecule has 8 heteroatoms. The summed E-state index contributed by atoms with van der Waals surface area (Å²) in [6.45, 7) is 5.69. The molecule has 1 unspecified atom stereocenters. The van der Waals surface area contributed by atoms with Crippen LogP contribution in [0.5, 0.6) is 0 Å². The first kappa shape index (κ1) is 18.1. The number of hydrogen-bond acceptors (Lipinski definition) is 6. The van der Waals surface area contributed by atoms with Gasteiger partial charge in [-0.15, -0.1) is 0 Å². The molecule has 0 aliphatic carbocycles. The monoisotopic (exact) mass is 333 g/mol. The Morgan fingerprint density at radius 2 is 2.21 bits per heavy atom. The van der Waals surface area contributed by atoms with Gasteiger partial charge in [-0.05, 0) is 26.7 Å². The number of carbonyl (C=O) groups excluding carboxylic acids is 2. The van der Waals surface area contributed by atoms with Crippen molar-refractivity contribution in [3.63, 3.8) is 0 Å². The molecule has 0 N–H and O–H groups in total. The van der Waals surface area contributed by atoms with E-state index in [9.17, 15) is 14.9 Å². The van der Waals surface area contributed by atoms with E-state index in [1.54, 1.807) is 11.1 Å². The predicted molar refractivity (Wildman–Crippen MR) is 85.6 cm³/mol. The number of hydrogen-bond donors (Lipinski definition) is 0. The molecule has 2 heterocycles. The number of imidazole rings is 1. The smallest absolute Gasteiger partial charge is 0.246 e. The molecule has 0 bridgehead atoms. The van der Waals surface area contributed by atoms with E-state index in [4.69, 9.17) is 4.84 Å². The third kappa shape index (κ3) is 4.40. The molecular weight excluding hydrogens is 310 g/mol. The molecule has 24 heavy (non-hydrogen) atoms. The number of piperidine rings is 1. The van der Waals surface area contributed by atoms with Gasteiger partial charge in [0.15, 0.2) is 0 Å². The van der Waals surface area contributed by atoms with Gasteiger partial charge in [-0.25, -0.2) is 10.0 Å². The molecule has 1 aromatic heterocycles. The summed E-state index contributed by atoms with van der Waals surface area (Å²) in [5, 5.41) is 10.7. The molecule has 0 spiro atoms. The molecule has 0 aromatic carbocycles. The Bertz CT molecular complexity index is 608. The van der Waals surface area contributed by atoms with Crippen LogP contribution in [0.4, 0.5) is 0 Å². The fourth-order valence-electron chi connectivity index (χ4n) is 2.84. The SMILES string of the molecule is CC(=O)N(OC(C)C)C1CC[C@@H](C#N)N(CC(=O)n2ccnc2)C1. The highest BCUT2D eigenvalue weighted by atomic mass is 16.7. The van der Waals surface area contributed by atoms with E-state index < -0.39 is 0 Å². The van der Waals surface area contributed by atoms with Gasteiger partial charge in [0.05, 0.1) is 30.8 Å². The van der Waals surface area contributed by atoms with Crippen LogP contribution in [0.25, 0.3) is 0 Å². The lowest BCUT2D eigenvalue weighted by atomic mass is 9.98. The number of nitrogens with zero attached hydrogens (tertiary/aromatic N) is 5. The van der Waals surface area contributed by atoms with Crippen molar-refractivity contribution in [2.75, 3.05) is 13.1 Å². The summed E-state index contributed by atoms with van der Waals surface area (Å²) in [6, 6.07) is 1.72. The van der Waals surface area contributed by atoms with Gasteiger partial charge >= 0.3 is 0 Å². The van der Waals surface area contributed by atoms with Gasteiger partial charge in [0.25, 0.3) is 0 Å². The lowest BCUT2D eigenvalue weighted by molar-refractivity contribution is -0.219. The summed E-state index contributed by atoms with van der Waals surface area (Å²) in [5.41, 5.74) is 0. The summed E-state index contributed by atoms with van der Waals surface area (Å²) < 4.78 is 1.39. The van der Waals surface area contributed by atoms with Gasteiger partial charge in [0.1, 0.15) is 6.33 Å². The van der Waals surface area contributed by atoms with Crippen molar-refractivity contribution < 1.29 is 14.4 Å². The summed E-state index contributed by atoms with van der Waals surface area (Å²) in [5.74, 6) is -0.336. The van der Waals surface area contributed by atoms with Crippen LogP contribution in [-0.2, 0) is 9.63 Å². The minimum atomic E-state index is -0.346. The topological polar surface area (TPSA) is 91.5 Å². The molecule has 1 aliphatic rings. The maximum Gasteiger partial charge on any atom is 0.246 e. The number of nitriles is 1. The molecule has 1 saturated heterocycles. The Labute approximate surface area is 141 Å². The lowest BCUT2D eigenvalue weighted by Crippen LogP contribution is -2.54. The predicted octanol–water partition coefficient (Wildman–Crippen LogP) is 1.07. The van der Waals surface area contributed by atoms with E-state index in [-0.39, 0.29) is 36.5 Å². The van der Waals surface area contributed by atoms with Gasteiger partial charge in [-0.2, -0.15) is 5.26 Å². The van der Waals surface area contributed by atoms with Gasteiger partial charge < -0.3 is 0 Å². The molecule has 1 fully saturated rings. The van der Waals surface area contributed by atoms with E-state index in [2.05, 4.69) is 11.1 Å². The zero-order valence-corrected chi connectivity index (χ0v) is 14.3. The first-order chi connectivity index (χ1) is 11.4. The van der Waals surface area contributed by atoms with Crippen molar-refractivity contribution in [1.82, 2.24) is 19.5 Å². The maximum absolute atomic E-state index is 12.3. The second-order valence-corrected chi connectivity index (χ2v) is 6.17. The summed E-state index contributed by atoms with van der Waals surface area (Å²) in [6.07, 6.45) is 5.68. The Balaban J connectivity index is 2.09. The normalized spacial score (nSPS) is 21.5. The van der Waals surface area contributed by atoms with Gasteiger partial charge in [-0.1, -0.05) is 0 Å². The van der Waals surface area contributed by atoms with Crippen LogP contribution in [0, 0.1) is 11.3 Å². The molecular formula is C16H23N5O3. The zero-order chi connectivity index (χ0) is 17.7. The van der Waals surface area contributed by atoms with Crippen molar-refractivity contribution in [3.8, 4) is 6.07 Å².